The largest absolute Gasteiger partial charge is 0.466 e. The normalized spacial score (nSPS) is 12.5. The Hall–Kier alpha value is -1.40. The van der Waals surface area contributed by atoms with Crippen LogP contribution in [0.3, 0.4) is 0 Å². The molecule has 0 heterocycles. The van der Waals surface area contributed by atoms with Crippen molar-refractivity contribution in [2.75, 3.05) is 13.2 Å². The van der Waals surface area contributed by atoms with Gasteiger partial charge in [-0.25, -0.2) is 0 Å². The van der Waals surface area contributed by atoms with Gasteiger partial charge in [0.25, 0.3) is 0 Å². The third-order valence-electron chi connectivity index (χ3n) is 15.8. The Morgan fingerprint density at radius 2 is 0.644 bits per heavy atom. The van der Waals surface area contributed by atoms with Crippen molar-refractivity contribution in [1.82, 2.24) is 5.32 Å². The number of esters is 1. The number of amides is 1. The minimum Gasteiger partial charge on any atom is -0.466 e. The van der Waals surface area contributed by atoms with Gasteiger partial charge in [-0.1, -0.05) is 328 Å². The number of rotatable bonds is 63. The molecule has 0 aromatic rings. The summed E-state index contributed by atoms with van der Waals surface area (Å²) in [7, 11) is 0. The van der Waals surface area contributed by atoms with Gasteiger partial charge in [-0.2, -0.15) is 0 Å². The fraction of sp³-hybridized carbons (Fsp3) is 0.940. The summed E-state index contributed by atoms with van der Waals surface area (Å²) < 4.78 is 5.49. The van der Waals surface area contributed by atoms with Crippen molar-refractivity contribution in [1.29, 1.82) is 0 Å². The van der Waals surface area contributed by atoms with E-state index in [1.165, 1.54) is 295 Å². The van der Waals surface area contributed by atoms with Crippen LogP contribution in [-0.2, 0) is 14.3 Å². The van der Waals surface area contributed by atoms with E-state index in [-0.39, 0.29) is 18.5 Å². The van der Waals surface area contributed by atoms with E-state index < -0.39 is 12.1 Å². The number of aliphatic hydroxyl groups excluding tert-OH is 2. The molecule has 1 amide bonds. The van der Waals surface area contributed by atoms with Gasteiger partial charge in [0.2, 0.25) is 5.91 Å². The molecule has 0 spiro atoms. The molecule has 0 aliphatic carbocycles. The van der Waals surface area contributed by atoms with Crippen LogP contribution in [-0.4, -0.2) is 47.4 Å². The van der Waals surface area contributed by atoms with E-state index in [2.05, 4.69) is 31.3 Å². The van der Waals surface area contributed by atoms with Crippen LogP contribution < -0.4 is 5.32 Å². The number of nitrogens with one attached hydrogen (secondary N) is 1. The first-order valence-corrected chi connectivity index (χ1v) is 33.4. The van der Waals surface area contributed by atoms with Crippen LogP contribution in [0.5, 0.6) is 0 Å². The summed E-state index contributed by atoms with van der Waals surface area (Å²) in [6.07, 6.45) is 76.6. The lowest BCUT2D eigenvalue weighted by atomic mass is 10.0. The summed E-state index contributed by atoms with van der Waals surface area (Å²) in [6.45, 7) is 4.97. The Kier molecular flexibility index (Phi) is 61.9. The SMILES string of the molecule is CCCCCCCCCCCCCCCCCCCCCCCCC(O)C(CO)NC(=O)CCCCCCCCC/C=C\CCCCCCCCOC(=O)CCCCCCCCCCCCCCCCCCC. The molecule has 0 saturated carbocycles. The van der Waals surface area contributed by atoms with Crippen molar-refractivity contribution in [3.63, 3.8) is 0 Å². The van der Waals surface area contributed by atoms with Crippen molar-refractivity contribution in [2.45, 2.75) is 392 Å². The molecule has 0 aromatic heterocycles. The number of allylic oxidation sites excluding steroid dienone is 2. The van der Waals surface area contributed by atoms with Crippen molar-refractivity contribution < 1.29 is 24.5 Å². The lowest BCUT2D eigenvalue weighted by Gasteiger charge is -2.22. The van der Waals surface area contributed by atoms with Gasteiger partial charge in [-0.15, -0.1) is 0 Å². The molecule has 6 heteroatoms. The molecule has 0 saturated heterocycles. The highest BCUT2D eigenvalue weighted by molar-refractivity contribution is 5.76. The summed E-state index contributed by atoms with van der Waals surface area (Å²) in [4.78, 5) is 24.6. The maximum absolute atomic E-state index is 12.5. The van der Waals surface area contributed by atoms with Gasteiger partial charge in [0.15, 0.2) is 0 Å². The quantitative estimate of drug-likeness (QED) is 0.0320. The second-order valence-corrected chi connectivity index (χ2v) is 23.2. The molecule has 0 bridgehead atoms. The molecule has 0 fully saturated rings. The first-order valence-electron chi connectivity index (χ1n) is 33.4. The van der Waals surface area contributed by atoms with Gasteiger partial charge in [-0.05, 0) is 51.4 Å². The van der Waals surface area contributed by atoms with Gasteiger partial charge in [-0.3, -0.25) is 9.59 Å². The summed E-state index contributed by atoms with van der Waals surface area (Å²) in [6, 6.07) is -0.551. The van der Waals surface area contributed by atoms with Gasteiger partial charge >= 0.3 is 5.97 Å². The molecule has 0 aliphatic rings. The summed E-state index contributed by atoms with van der Waals surface area (Å²) >= 11 is 0. The zero-order chi connectivity index (χ0) is 52.9. The second kappa shape index (κ2) is 63.1. The van der Waals surface area contributed by atoms with E-state index in [0.717, 1.165) is 51.4 Å². The van der Waals surface area contributed by atoms with E-state index in [1.54, 1.807) is 0 Å². The van der Waals surface area contributed by atoms with Crippen LogP contribution in [0.25, 0.3) is 0 Å². The molecule has 0 rings (SSSR count). The fourth-order valence-electron chi connectivity index (χ4n) is 10.7. The third-order valence-corrected chi connectivity index (χ3v) is 15.8. The fourth-order valence-corrected chi connectivity index (χ4v) is 10.7. The maximum atomic E-state index is 12.5. The third kappa shape index (κ3) is 59.7. The Balaban J connectivity index is 3.43. The number of carbonyl (C=O) groups is 2. The molecule has 2 unspecified atom stereocenters. The number of hydrogen-bond donors (Lipinski definition) is 3. The lowest BCUT2D eigenvalue weighted by Crippen LogP contribution is -2.45. The molecule has 73 heavy (non-hydrogen) atoms. The molecule has 3 N–H and O–H groups in total. The Bertz CT molecular complexity index is 1100. The van der Waals surface area contributed by atoms with E-state index in [1.807, 2.05) is 0 Å². The predicted octanol–water partition coefficient (Wildman–Crippen LogP) is 21.2. The number of ether oxygens (including phenoxy) is 1. The Labute approximate surface area is 457 Å². The molecule has 2 atom stereocenters. The molecule has 6 nitrogen and oxygen atoms in total. The average Bonchev–Trinajstić information content (AvgIpc) is 3.39. The molecule has 0 radical (unpaired) electrons. The topological polar surface area (TPSA) is 95.9 Å². The number of carbonyl (C=O) groups excluding carboxylic acids is 2. The smallest absolute Gasteiger partial charge is 0.305 e. The summed E-state index contributed by atoms with van der Waals surface area (Å²) in [5.41, 5.74) is 0. The second-order valence-electron chi connectivity index (χ2n) is 23.2. The van der Waals surface area contributed by atoms with Crippen LogP contribution in [0.1, 0.15) is 380 Å². The van der Waals surface area contributed by atoms with Gasteiger partial charge < -0.3 is 20.3 Å². The molecule has 0 aliphatic heterocycles. The summed E-state index contributed by atoms with van der Waals surface area (Å²) in [5.74, 6) is -0.0389. The van der Waals surface area contributed by atoms with E-state index in [4.69, 9.17) is 4.74 Å². The highest BCUT2D eigenvalue weighted by Gasteiger charge is 2.20. The highest BCUT2D eigenvalue weighted by Crippen LogP contribution is 2.19. The Morgan fingerprint density at radius 3 is 0.973 bits per heavy atom. The van der Waals surface area contributed by atoms with Crippen LogP contribution in [0.15, 0.2) is 12.2 Å². The number of unbranched alkanes of at least 4 members (excludes halogenated alkanes) is 50. The lowest BCUT2D eigenvalue weighted by molar-refractivity contribution is -0.143. The first-order chi connectivity index (χ1) is 36.0. The van der Waals surface area contributed by atoms with Crippen molar-refractivity contribution in [2.24, 2.45) is 0 Å². The highest BCUT2D eigenvalue weighted by atomic mass is 16.5. The molecular weight excluding hydrogens is 899 g/mol. The molecular formula is C67H131NO5. The minimum absolute atomic E-state index is 0.00344. The van der Waals surface area contributed by atoms with E-state index in [0.29, 0.717) is 25.9 Å². The molecule has 0 aromatic carbocycles. The van der Waals surface area contributed by atoms with Gasteiger partial charge in [0.05, 0.1) is 25.4 Å². The van der Waals surface area contributed by atoms with Crippen LogP contribution in [0.2, 0.25) is 0 Å². The minimum atomic E-state index is -0.673. The molecule has 434 valence electrons. The number of hydrogen-bond acceptors (Lipinski definition) is 5. The zero-order valence-corrected chi connectivity index (χ0v) is 49.6. The van der Waals surface area contributed by atoms with Crippen molar-refractivity contribution >= 4 is 11.9 Å². The number of aliphatic hydroxyl groups is 2. The Morgan fingerprint density at radius 1 is 0.370 bits per heavy atom. The first kappa shape index (κ1) is 71.6. The van der Waals surface area contributed by atoms with Crippen LogP contribution >= 0.6 is 0 Å². The average molecular weight is 1030 g/mol. The van der Waals surface area contributed by atoms with Crippen LogP contribution in [0, 0.1) is 0 Å². The maximum Gasteiger partial charge on any atom is 0.305 e. The standard InChI is InChI=1S/C67H131NO5/c1-3-5-7-9-11-13-15-17-19-21-22-23-24-25-28-31-35-39-43-47-51-55-59-65(70)64(63-69)68-66(71)60-56-52-48-44-40-36-32-29-26-30-34-38-42-46-50-54-58-62-73-67(72)61-57-53-49-45-41-37-33-27-20-18-16-14-12-10-8-6-4-2/h26,30,64-65,69-70H,3-25,27-29,31-63H2,1-2H3,(H,68,71)/b30-26-. The zero-order valence-electron chi connectivity index (χ0n) is 49.6. The summed E-state index contributed by atoms with van der Waals surface area (Å²) in [5, 5.41) is 23.4. The van der Waals surface area contributed by atoms with Crippen LogP contribution in [0.4, 0.5) is 0 Å². The monoisotopic (exact) mass is 1030 g/mol. The van der Waals surface area contributed by atoms with Gasteiger partial charge in [0.1, 0.15) is 0 Å². The van der Waals surface area contributed by atoms with Crippen molar-refractivity contribution in [3.8, 4) is 0 Å². The predicted molar refractivity (Wildman–Crippen MR) is 320 cm³/mol. The van der Waals surface area contributed by atoms with Crippen molar-refractivity contribution in [3.05, 3.63) is 12.2 Å². The van der Waals surface area contributed by atoms with Gasteiger partial charge in [0, 0.05) is 12.8 Å². The van der Waals surface area contributed by atoms with E-state index >= 15 is 0 Å². The van der Waals surface area contributed by atoms with E-state index in [9.17, 15) is 19.8 Å².